The van der Waals surface area contributed by atoms with E-state index in [0.29, 0.717) is 31.7 Å². The fourth-order valence-corrected chi connectivity index (χ4v) is 1.54. The van der Waals surface area contributed by atoms with Gasteiger partial charge >= 0.3 is 0 Å². The van der Waals surface area contributed by atoms with Gasteiger partial charge in [0.25, 0.3) is 0 Å². The van der Waals surface area contributed by atoms with Crippen molar-refractivity contribution < 1.29 is 9.59 Å². The van der Waals surface area contributed by atoms with Gasteiger partial charge in [-0.1, -0.05) is 0 Å². The van der Waals surface area contributed by atoms with Crippen LogP contribution in [0.2, 0.25) is 0 Å². The molecule has 4 nitrogen and oxygen atoms in total. The second-order valence-corrected chi connectivity index (χ2v) is 3.36. The zero-order valence-electron chi connectivity index (χ0n) is 8.17. The van der Waals surface area contributed by atoms with Crippen molar-refractivity contribution in [2.75, 3.05) is 20.1 Å². The maximum absolute atomic E-state index is 11.3. The summed E-state index contributed by atoms with van der Waals surface area (Å²) in [6.07, 6.45) is 1.17. The van der Waals surface area contributed by atoms with Crippen LogP contribution in [0.1, 0.15) is 19.8 Å². The van der Waals surface area contributed by atoms with E-state index < -0.39 is 0 Å². The van der Waals surface area contributed by atoms with Crippen molar-refractivity contribution in [3.05, 3.63) is 0 Å². The second kappa shape index (κ2) is 4.37. The van der Waals surface area contributed by atoms with Crippen LogP contribution < -0.4 is 5.32 Å². The molecule has 0 radical (unpaired) electrons. The first-order valence-corrected chi connectivity index (χ1v) is 4.62. The molecule has 0 aromatic rings. The molecule has 0 aromatic carbocycles. The SMILES string of the molecule is CNC(=O)C(C)N1CCC(=O)CC1. The smallest absolute Gasteiger partial charge is 0.236 e. The number of nitrogens with one attached hydrogen (secondary N) is 1. The summed E-state index contributed by atoms with van der Waals surface area (Å²) in [5.41, 5.74) is 0. The Labute approximate surface area is 78.3 Å². The molecule has 0 bridgehead atoms. The van der Waals surface area contributed by atoms with Crippen molar-refractivity contribution in [1.82, 2.24) is 10.2 Å². The lowest BCUT2D eigenvalue weighted by Gasteiger charge is -2.30. The zero-order valence-corrected chi connectivity index (χ0v) is 8.17. The van der Waals surface area contributed by atoms with Gasteiger partial charge in [0.2, 0.25) is 5.91 Å². The van der Waals surface area contributed by atoms with Gasteiger partial charge in [0.1, 0.15) is 5.78 Å². The molecule has 13 heavy (non-hydrogen) atoms. The molecule has 74 valence electrons. The van der Waals surface area contributed by atoms with Gasteiger partial charge in [0, 0.05) is 33.0 Å². The van der Waals surface area contributed by atoms with Crippen molar-refractivity contribution in [3.63, 3.8) is 0 Å². The Morgan fingerprint density at radius 2 is 2.00 bits per heavy atom. The van der Waals surface area contributed by atoms with E-state index in [1.54, 1.807) is 7.05 Å². The molecule has 1 unspecified atom stereocenters. The van der Waals surface area contributed by atoms with Crippen LogP contribution in [0.15, 0.2) is 0 Å². The minimum atomic E-state index is -0.113. The predicted octanol–water partition coefficient (Wildman–Crippen LogP) is -0.214. The quantitative estimate of drug-likeness (QED) is 0.646. The van der Waals surface area contributed by atoms with Gasteiger partial charge in [-0.3, -0.25) is 14.5 Å². The number of carbonyl (C=O) groups excluding carboxylic acids is 2. The average Bonchev–Trinajstić information content (AvgIpc) is 2.17. The highest BCUT2D eigenvalue weighted by Gasteiger charge is 2.24. The number of hydrogen-bond acceptors (Lipinski definition) is 3. The third-order valence-corrected chi connectivity index (χ3v) is 2.53. The monoisotopic (exact) mass is 184 g/mol. The first-order valence-electron chi connectivity index (χ1n) is 4.62. The maximum atomic E-state index is 11.3. The van der Waals surface area contributed by atoms with Gasteiger partial charge in [-0.05, 0) is 6.92 Å². The summed E-state index contributed by atoms with van der Waals surface area (Å²) in [6, 6.07) is -0.113. The number of nitrogens with zero attached hydrogens (tertiary/aromatic N) is 1. The van der Waals surface area contributed by atoms with Crippen LogP contribution in [0.3, 0.4) is 0 Å². The van der Waals surface area contributed by atoms with Crippen LogP contribution >= 0.6 is 0 Å². The molecular formula is C9H16N2O2. The molecule has 1 aliphatic heterocycles. The Hall–Kier alpha value is -0.900. The third kappa shape index (κ3) is 2.52. The summed E-state index contributed by atoms with van der Waals surface area (Å²) < 4.78 is 0. The average molecular weight is 184 g/mol. The number of likely N-dealkylation sites (N-methyl/N-ethyl adjacent to an activating group) is 1. The van der Waals surface area contributed by atoms with Crippen LogP contribution in [0.4, 0.5) is 0 Å². The van der Waals surface area contributed by atoms with Crippen LogP contribution in [0, 0.1) is 0 Å². The number of hydrogen-bond donors (Lipinski definition) is 1. The number of piperidine rings is 1. The van der Waals surface area contributed by atoms with Crippen LogP contribution in [-0.2, 0) is 9.59 Å². The van der Waals surface area contributed by atoms with E-state index in [-0.39, 0.29) is 11.9 Å². The van der Waals surface area contributed by atoms with E-state index in [1.807, 2.05) is 11.8 Å². The highest BCUT2D eigenvalue weighted by Crippen LogP contribution is 2.09. The molecule has 1 fully saturated rings. The van der Waals surface area contributed by atoms with E-state index >= 15 is 0 Å². The molecule has 1 N–H and O–H groups in total. The lowest BCUT2D eigenvalue weighted by molar-refractivity contribution is -0.129. The molecular weight excluding hydrogens is 168 g/mol. The summed E-state index contributed by atoms with van der Waals surface area (Å²) in [7, 11) is 1.63. The van der Waals surface area contributed by atoms with Gasteiger partial charge < -0.3 is 5.32 Å². The normalized spacial score (nSPS) is 21.2. The molecule has 1 atom stereocenters. The molecule has 0 spiro atoms. The van der Waals surface area contributed by atoms with Gasteiger partial charge in [0.15, 0.2) is 0 Å². The lowest BCUT2D eigenvalue weighted by atomic mass is 10.1. The fourth-order valence-electron chi connectivity index (χ4n) is 1.54. The van der Waals surface area contributed by atoms with E-state index in [4.69, 9.17) is 0 Å². The largest absolute Gasteiger partial charge is 0.358 e. The van der Waals surface area contributed by atoms with Crippen molar-refractivity contribution in [1.29, 1.82) is 0 Å². The van der Waals surface area contributed by atoms with Crippen molar-refractivity contribution >= 4 is 11.7 Å². The van der Waals surface area contributed by atoms with Crippen molar-refractivity contribution in [2.45, 2.75) is 25.8 Å². The van der Waals surface area contributed by atoms with E-state index in [0.717, 1.165) is 0 Å². The zero-order chi connectivity index (χ0) is 9.84. The standard InChI is InChI=1S/C9H16N2O2/c1-7(9(13)10-2)11-5-3-8(12)4-6-11/h7H,3-6H2,1-2H3,(H,10,13). The molecule has 1 rings (SSSR count). The number of ketones is 1. The molecule has 0 saturated carbocycles. The summed E-state index contributed by atoms with van der Waals surface area (Å²) in [5.74, 6) is 0.328. The highest BCUT2D eigenvalue weighted by molar-refractivity contribution is 5.82. The third-order valence-electron chi connectivity index (χ3n) is 2.53. The molecule has 1 aliphatic rings. The minimum Gasteiger partial charge on any atom is -0.358 e. The summed E-state index contributed by atoms with van der Waals surface area (Å²) in [4.78, 5) is 24.2. The highest BCUT2D eigenvalue weighted by atomic mass is 16.2. The van der Waals surface area contributed by atoms with Gasteiger partial charge in [-0.15, -0.1) is 0 Å². The van der Waals surface area contributed by atoms with E-state index in [1.165, 1.54) is 0 Å². The van der Waals surface area contributed by atoms with Gasteiger partial charge in [-0.2, -0.15) is 0 Å². The molecule has 1 heterocycles. The van der Waals surface area contributed by atoms with Crippen molar-refractivity contribution in [2.24, 2.45) is 0 Å². The summed E-state index contributed by atoms with van der Waals surface area (Å²) >= 11 is 0. The summed E-state index contributed by atoms with van der Waals surface area (Å²) in [6.45, 7) is 3.30. The Balaban J connectivity index is 2.44. The first-order chi connectivity index (χ1) is 6.15. The van der Waals surface area contributed by atoms with Gasteiger partial charge in [0.05, 0.1) is 6.04 Å². The molecule has 1 amide bonds. The van der Waals surface area contributed by atoms with Crippen LogP contribution in [0.25, 0.3) is 0 Å². The molecule has 0 aromatic heterocycles. The number of carbonyl (C=O) groups is 2. The number of rotatable bonds is 2. The number of likely N-dealkylation sites (tertiary alicyclic amines) is 1. The molecule has 0 aliphatic carbocycles. The fraction of sp³-hybridized carbons (Fsp3) is 0.778. The first kappa shape index (κ1) is 10.2. The van der Waals surface area contributed by atoms with Crippen LogP contribution in [0.5, 0.6) is 0 Å². The Morgan fingerprint density at radius 1 is 1.46 bits per heavy atom. The van der Waals surface area contributed by atoms with Crippen LogP contribution in [-0.4, -0.2) is 42.8 Å². The Bertz CT molecular complexity index is 206. The second-order valence-electron chi connectivity index (χ2n) is 3.36. The number of amides is 1. The predicted molar refractivity (Wildman–Crippen MR) is 49.3 cm³/mol. The Morgan fingerprint density at radius 3 is 2.46 bits per heavy atom. The minimum absolute atomic E-state index is 0.0225. The summed E-state index contributed by atoms with van der Waals surface area (Å²) in [5, 5.41) is 2.61. The topological polar surface area (TPSA) is 49.4 Å². The molecule has 1 saturated heterocycles. The molecule has 4 heteroatoms. The van der Waals surface area contributed by atoms with Crippen molar-refractivity contribution in [3.8, 4) is 0 Å². The maximum Gasteiger partial charge on any atom is 0.236 e. The Kier molecular flexibility index (Phi) is 3.42. The van der Waals surface area contributed by atoms with E-state index in [2.05, 4.69) is 5.32 Å². The van der Waals surface area contributed by atoms with E-state index in [9.17, 15) is 9.59 Å². The lowest BCUT2D eigenvalue weighted by Crippen LogP contribution is -2.47. The van der Waals surface area contributed by atoms with Gasteiger partial charge in [-0.25, -0.2) is 0 Å². The number of Topliss-reactive ketones (excluding diaryl/α,β-unsaturated/α-hetero) is 1.